The Bertz CT molecular complexity index is 1580. The second-order valence-electron chi connectivity index (χ2n) is 9.57. The van der Waals surface area contributed by atoms with E-state index in [-0.39, 0.29) is 52.4 Å². The van der Waals surface area contributed by atoms with Gasteiger partial charge in [-0.05, 0) is 43.3 Å². The number of carbonyl (C=O) groups is 3. The van der Waals surface area contributed by atoms with Crippen LogP contribution in [0.5, 0.6) is 5.75 Å². The van der Waals surface area contributed by atoms with Gasteiger partial charge in [-0.3, -0.25) is 14.4 Å². The summed E-state index contributed by atoms with van der Waals surface area (Å²) in [5.74, 6) is -4.99. The molecule has 1 fully saturated rings. The number of aliphatic hydroxyl groups is 1. The first kappa shape index (κ1) is 31.4. The lowest BCUT2D eigenvalue weighted by molar-refractivity contribution is -0.129. The first-order valence-corrected chi connectivity index (χ1v) is 13.6. The summed E-state index contributed by atoms with van der Waals surface area (Å²) in [6.45, 7) is 0.827. The fourth-order valence-electron chi connectivity index (χ4n) is 4.52. The van der Waals surface area contributed by atoms with Gasteiger partial charge in [0.15, 0.2) is 24.0 Å². The van der Waals surface area contributed by atoms with Crippen LogP contribution >= 0.6 is 11.6 Å². The molecule has 3 aromatic rings. The van der Waals surface area contributed by atoms with Crippen molar-refractivity contribution in [1.29, 1.82) is 5.26 Å². The van der Waals surface area contributed by atoms with Gasteiger partial charge in [-0.1, -0.05) is 11.6 Å². The highest BCUT2D eigenvalue weighted by Gasteiger charge is 2.29. The van der Waals surface area contributed by atoms with Crippen LogP contribution in [-0.4, -0.2) is 71.3 Å². The topological polar surface area (TPSA) is 170 Å². The van der Waals surface area contributed by atoms with Crippen molar-refractivity contribution in [3.8, 4) is 23.1 Å². The number of rotatable bonds is 10. The average Bonchev–Trinajstić information content (AvgIpc) is 3.37. The molecule has 0 saturated carbocycles. The summed E-state index contributed by atoms with van der Waals surface area (Å²) in [6.07, 6.45) is 0.967. The zero-order valence-corrected chi connectivity index (χ0v) is 23.7. The van der Waals surface area contributed by atoms with E-state index in [1.54, 1.807) is 6.07 Å². The van der Waals surface area contributed by atoms with E-state index in [4.69, 9.17) is 21.6 Å². The molecule has 43 heavy (non-hydrogen) atoms. The van der Waals surface area contributed by atoms with Crippen LogP contribution in [0.15, 0.2) is 36.5 Å². The van der Waals surface area contributed by atoms with Gasteiger partial charge in [-0.2, -0.15) is 9.65 Å². The van der Waals surface area contributed by atoms with Crippen molar-refractivity contribution in [2.24, 2.45) is 13.0 Å². The number of aliphatic hydroxyl groups excluding tert-OH is 1. The molecule has 2 atom stereocenters. The van der Waals surface area contributed by atoms with E-state index < -0.39 is 47.8 Å². The van der Waals surface area contributed by atoms with Gasteiger partial charge in [0, 0.05) is 37.9 Å². The fourth-order valence-corrected chi connectivity index (χ4v) is 4.79. The molecule has 15 heteroatoms. The first-order chi connectivity index (χ1) is 20.6. The third kappa shape index (κ3) is 7.26. The quantitative estimate of drug-likeness (QED) is 0.216. The number of aromatic nitrogens is 2. The number of β-amino-alcohol motifs (C(OH)–C–C–N with tert-alkyl or cyclic N) is 1. The predicted molar refractivity (Wildman–Crippen MR) is 151 cm³/mol. The molecule has 0 radical (unpaired) electrons. The van der Waals surface area contributed by atoms with Crippen molar-refractivity contribution in [2.75, 3.05) is 38.1 Å². The number of amides is 3. The molecule has 0 unspecified atom stereocenters. The zero-order valence-electron chi connectivity index (χ0n) is 22.9. The molecule has 0 spiro atoms. The lowest BCUT2D eigenvalue weighted by Crippen LogP contribution is -2.48. The highest BCUT2D eigenvalue weighted by molar-refractivity contribution is 6.34. The number of hydrogen-bond acceptors (Lipinski definition) is 8. The molecule has 12 nitrogen and oxygen atoms in total. The molecule has 226 valence electrons. The second-order valence-corrected chi connectivity index (χ2v) is 9.98. The Morgan fingerprint density at radius 1 is 1.19 bits per heavy atom. The van der Waals surface area contributed by atoms with Crippen LogP contribution in [0.3, 0.4) is 0 Å². The van der Waals surface area contributed by atoms with Gasteiger partial charge >= 0.3 is 0 Å². The van der Waals surface area contributed by atoms with E-state index >= 15 is 0 Å². The number of anilines is 1. The molecule has 5 N–H and O–H groups in total. The Morgan fingerprint density at radius 2 is 1.95 bits per heavy atom. The Morgan fingerprint density at radius 3 is 2.67 bits per heavy atom. The molecule has 0 aliphatic carbocycles. The summed E-state index contributed by atoms with van der Waals surface area (Å²) in [5, 5.41) is 29.5. The zero-order chi connectivity index (χ0) is 31.1. The maximum absolute atomic E-state index is 14.7. The lowest BCUT2D eigenvalue weighted by atomic mass is 9.94. The van der Waals surface area contributed by atoms with E-state index in [1.807, 2.05) is 0 Å². The molecule has 3 amide bonds. The van der Waals surface area contributed by atoms with Crippen LogP contribution in [-0.2, 0) is 11.8 Å². The second kappa shape index (κ2) is 14.1. The summed E-state index contributed by atoms with van der Waals surface area (Å²) in [6, 6.07) is 8.33. The summed E-state index contributed by atoms with van der Waals surface area (Å²) in [7, 11) is 1.45. The minimum Gasteiger partial charge on any atom is -0.476 e. The molecule has 1 aliphatic rings. The van der Waals surface area contributed by atoms with Gasteiger partial charge < -0.3 is 35.7 Å². The van der Waals surface area contributed by atoms with Gasteiger partial charge in [0.2, 0.25) is 11.7 Å². The van der Waals surface area contributed by atoms with E-state index in [0.717, 1.165) is 0 Å². The summed E-state index contributed by atoms with van der Waals surface area (Å²) in [4.78, 5) is 41.8. The number of hydrogen-bond donors (Lipinski definition) is 5. The third-order valence-electron chi connectivity index (χ3n) is 6.77. The molecular weight excluding hydrogens is 588 g/mol. The summed E-state index contributed by atoms with van der Waals surface area (Å²) < 4.78 is 35.3. The van der Waals surface area contributed by atoms with E-state index in [0.29, 0.717) is 19.5 Å². The number of imidazole rings is 1. The Kier molecular flexibility index (Phi) is 10.3. The molecule has 4 rings (SSSR count). The van der Waals surface area contributed by atoms with E-state index in [2.05, 4.69) is 26.3 Å². The number of halogens is 3. The minimum absolute atomic E-state index is 0.0499. The van der Waals surface area contributed by atoms with Crippen LogP contribution in [0.1, 0.15) is 27.4 Å². The van der Waals surface area contributed by atoms with Gasteiger partial charge in [-0.25, -0.2) is 9.37 Å². The Hall–Kier alpha value is -4.58. The molecule has 0 bridgehead atoms. The monoisotopic (exact) mass is 615 g/mol. The van der Waals surface area contributed by atoms with Crippen molar-refractivity contribution >= 4 is 35.0 Å². The number of nitrogens with one attached hydrogen (secondary N) is 4. The summed E-state index contributed by atoms with van der Waals surface area (Å²) in [5.41, 5.74) is 0.332. The normalized spacial score (nSPS) is 16.2. The molecule has 2 heterocycles. The first-order valence-electron chi connectivity index (χ1n) is 13.2. The SMILES string of the molecule is Cn1c(-c2ccc(OCC#N)c(F)c2F)cnc1C(=O)Nc1ccc(C(=O)NCCNC(=O)[C@@H]2CCNC[C@H]2O)c(Cl)c1. The number of piperidine rings is 1. The van der Waals surface area contributed by atoms with Gasteiger partial charge in [0.1, 0.15) is 6.07 Å². The van der Waals surface area contributed by atoms with Crippen LogP contribution in [0.25, 0.3) is 11.3 Å². The number of benzene rings is 2. The van der Waals surface area contributed by atoms with E-state index in [1.165, 1.54) is 48.1 Å². The fraction of sp³-hybridized carbons (Fsp3) is 0.321. The number of nitriles is 1. The minimum atomic E-state index is -1.28. The van der Waals surface area contributed by atoms with Crippen molar-refractivity contribution in [2.45, 2.75) is 12.5 Å². The number of nitrogens with zero attached hydrogens (tertiary/aromatic N) is 3. The molecule has 1 aliphatic heterocycles. The van der Waals surface area contributed by atoms with Crippen LogP contribution in [0.2, 0.25) is 5.02 Å². The largest absolute Gasteiger partial charge is 0.476 e. The number of carbonyl (C=O) groups excluding carboxylic acids is 3. The predicted octanol–water partition coefficient (Wildman–Crippen LogP) is 1.99. The van der Waals surface area contributed by atoms with Gasteiger partial charge in [0.05, 0.1) is 34.5 Å². The van der Waals surface area contributed by atoms with E-state index in [9.17, 15) is 28.3 Å². The van der Waals surface area contributed by atoms with Crippen LogP contribution in [0.4, 0.5) is 14.5 Å². The van der Waals surface area contributed by atoms with Crippen molar-refractivity contribution in [3.05, 3.63) is 64.6 Å². The molecule has 2 aromatic carbocycles. The molecule has 1 saturated heterocycles. The van der Waals surface area contributed by atoms with Crippen molar-refractivity contribution in [1.82, 2.24) is 25.5 Å². The van der Waals surface area contributed by atoms with Crippen LogP contribution in [0, 0.1) is 28.9 Å². The van der Waals surface area contributed by atoms with Gasteiger partial charge in [0.25, 0.3) is 11.8 Å². The smallest absolute Gasteiger partial charge is 0.291 e. The number of ether oxygens (including phenoxy) is 1. The average molecular weight is 616 g/mol. The maximum atomic E-state index is 14.7. The maximum Gasteiger partial charge on any atom is 0.291 e. The highest BCUT2D eigenvalue weighted by atomic mass is 35.5. The van der Waals surface area contributed by atoms with Crippen molar-refractivity contribution < 1.29 is 33.0 Å². The third-order valence-corrected chi connectivity index (χ3v) is 7.09. The lowest BCUT2D eigenvalue weighted by Gasteiger charge is -2.27. The standard InChI is InChI=1S/C28H28ClF2N7O5/c1-38-20(17-4-5-22(43-11-7-32)24(31)23(17)30)13-36-25(38)28(42)37-15-2-3-16(19(29)12-15)26(40)34-9-10-35-27(41)18-6-8-33-14-21(18)39/h2-5,12-13,18,21,33,39H,6,8-11,14H2,1H3,(H,34,40)(H,35,41)(H,37,42)/t18-,21-/m1/s1. The van der Waals surface area contributed by atoms with Crippen LogP contribution < -0.4 is 26.0 Å². The van der Waals surface area contributed by atoms with Crippen molar-refractivity contribution in [3.63, 3.8) is 0 Å². The summed E-state index contributed by atoms with van der Waals surface area (Å²) >= 11 is 6.29. The highest BCUT2D eigenvalue weighted by Crippen LogP contribution is 2.30. The van der Waals surface area contributed by atoms with Gasteiger partial charge in [-0.15, -0.1) is 0 Å². The molecular formula is C28H28ClF2N7O5. The Labute approximate surface area is 250 Å². The molecule has 1 aromatic heterocycles. The Balaban J connectivity index is 1.34.